The summed E-state index contributed by atoms with van der Waals surface area (Å²) in [5, 5.41) is 0. The number of Topliss-reactive ketones (excluding diaryl/α,β-unsaturated/α-hetero) is 1. The third-order valence-electron chi connectivity index (χ3n) is 1.99. The van der Waals surface area contributed by atoms with Crippen molar-refractivity contribution in [3.8, 4) is 0 Å². The fourth-order valence-corrected chi connectivity index (χ4v) is 1.07. The summed E-state index contributed by atoms with van der Waals surface area (Å²) in [6.45, 7) is 1.79. The quantitative estimate of drug-likeness (QED) is 0.769. The van der Waals surface area contributed by atoms with Crippen molar-refractivity contribution in [2.45, 2.75) is 26.3 Å². The van der Waals surface area contributed by atoms with E-state index in [0.717, 1.165) is 10.8 Å². The molecule has 6 heteroatoms. The fraction of sp³-hybridized carbons (Fsp3) is 0.444. The van der Waals surface area contributed by atoms with Crippen LogP contribution < -0.4 is 11.2 Å². The lowest BCUT2D eigenvalue weighted by molar-refractivity contribution is -0.119. The van der Waals surface area contributed by atoms with Crippen LogP contribution in [-0.4, -0.2) is 15.3 Å². The number of hydrogen-bond donors (Lipinski definition) is 1. The number of carbonyl (C=O) groups is 1. The van der Waals surface area contributed by atoms with Gasteiger partial charge in [-0.15, -0.1) is 0 Å². The molecular formula is C9H11FN2O3. The summed E-state index contributed by atoms with van der Waals surface area (Å²) in [6.07, 6.45) is 1.34. The molecule has 0 fully saturated rings. The van der Waals surface area contributed by atoms with Gasteiger partial charge in [-0.05, 0) is 0 Å². The van der Waals surface area contributed by atoms with Gasteiger partial charge in [0.25, 0.3) is 5.56 Å². The van der Waals surface area contributed by atoms with Gasteiger partial charge in [0.05, 0.1) is 6.20 Å². The lowest BCUT2D eigenvalue weighted by Crippen LogP contribution is -2.31. The molecule has 0 amide bonds. The number of carbonyl (C=O) groups excluding carboxylic acids is 1. The van der Waals surface area contributed by atoms with E-state index in [4.69, 9.17) is 0 Å². The maximum absolute atomic E-state index is 12.8. The van der Waals surface area contributed by atoms with Crippen molar-refractivity contribution in [1.82, 2.24) is 9.55 Å². The summed E-state index contributed by atoms with van der Waals surface area (Å²) >= 11 is 0. The van der Waals surface area contributed by atoms with Gasteiger partial charge < -0.3 is 0 Å². The fourth-order valence-electron chi connectivity index (χ4n) is 1.07. The van der Waals surface area contributed by atoms with Crippen LogP contribution in [0, 0.1) is 5.82 Å². The summed E-state index contributed by atoms with van der Waals surface area (Å²) in [4.78, 5) is 34.6. The van der Waals surface area contributed by atoms with E-state index < -0.39 is 17.1 Å². The second-order valence-electron chi connectivity index (χ2n) is 3.07. The molecule has 0 unspecified atom stereocenters. The molecule has 0 aliphatic rings. The summed E-state index contributed by atoms with van der Waals surface area (Å²) in [5.74, 6) is -1.05. The maximum atomic E-state index is 12.8. The monoisotopic (exact) mass is 214 g/mol. The molecule has 82 valence electrons. The number of nitrogens with zero attached hydrogens (tertiary/aromatic N) is 1. The predicted molar refractivity (Wildman–Crippen MR) is 51.2 cm³/mol. The summed E-state index contributed by atoms with van der Waals surface area (Å²) in [5.41, 5.74) is -1.75. The molecule has 0 aliphatic heterocycles. The predicted octanol–water partition coefficient (Wildman–Crippen LogP) is 0.0449. The van der Waals surface area contributed by atoms with Gasteiger partial charge in [-0.25, -0.2) is 4.79 Å². The van der Waals surface area contributed by atoms with Crippen molar-refractivity contribution in [1.29, 1.82) is 0 Å². The van der Waals surface area contributed by atoms with Gasteiger partial charge in [0.2, 0.25) is 5.82 Å². The number of H-pyrrole nitrogens is 1. The first-order valence-electron chi connectivity index (χ1n) is 4.55. The number of nitrogens with one attached hydrogen (secondary N) is 1. The molecule has 0 aliphatic carbocycles. The first kappa shape index (κ1) is 11.4. The Kier molecular flexibility index (Phi) is 3.54. The van der Waals surface area contributed by atoms with E-state index in [1.807, 2.05) is 4.98 Å². The third-order valence-corrected chi connectivity index (χ3v) is 1.99. The molecule has 0 spiro atoms. The first-order valence-corrected chi connectivity index (χ1v) is 4.55. The van der Waals surface area contributed by atoms with Crippen LogP contribution in [0.25, 0.3) is 0 Å². The molecule has 0 saturated heterocycles. The second-order valence-corrected chi connectivity index (χ2v) is 3.07. The number of hydrogen-bond acceptors (Lipinski definition) is 3. The van der Waals surface area contributed by atoms with E-state index >= 15 is 0 Å². The molecule has 5 nitrogen and oxygen atoms in total. The molecular weight excluding hydrogens is 203 g/mol. The minimum Gasteiger partial charge on any atom is -0.300 e. The molecule has 1 heterocycles. The Morgan fingerprint density at radius 3 is 2.80 bits per heavy atom. The number of ketones is 1. The van der Waals surface area contributed by atoms with Crippen LogP contribution >= 0.6 is 0 Å². The van der Waals surface area contributed by atoms with E-state index in [2.05, 4.69) is 0 Å². The SMILES string of the molecule is CCC(=O)CCn1cc(F)c(=O)[nH]c1=O. The Balaban J connectivity index is 2.87. The molecule has 0 atom stereocenters. The van der Waals surface area contributed by atoms with Crippen LogP contribution in [0.4, 0.5) is 4.39 Å². The zero-order valence-electron chi connectivity index (χ0n) is 8.25. The minimum absolute atomic E-state index is 0.0199. The number of halogens is 1. The second kappa shape index (κ2) is 4.68. The molecule has 1 N–H and O–H groups in total. The van der Waals surface area contributed by atoms with E-state index in [9.17, 15) is 18.8 Å². The molecule has 1 aromatic rings. The van der Waals surface area contributed by atoms with Crippen molar-refractivity contribution >= 4 is 5.78 Å². The van der Waals surface area contributed by atoms with Crippen LogP contribution in [0.5, 0.6) is 0 Å². The molecule has 1 rings (SSSR count). The van der Waals surface area contributed by atoms with Gasteiger partial charge in [0.1, 0.15) is 5.78 Å². The molecule has 15 heavy (non-hydrogen) atoms. The van der Waals surface area contributed by atoms with Crippen LogP contribution in [0.1, 0.15) is 19.8 Å². The highest BCUT2D eigenvalue weighted by atomic mass is 19.1. The first-order chi connectivity index (χ1) is 7.04. The Morgan fingerprint density at radius 2 is 2.20 bits per heavy atom. The van der Waals surface area contributed by atoms with Crippen LogP contribution in [0.3, 0.4) is 0 Å². The Labute approximate surface area is 84.6 Å². The molecule has 0 radical (unpaired) electrons. The van der Waals surface area contributed by atoms with Gasteiger partial charge in [-0.1, -0.05) is 6.92 Å². The normalized spacial score (nSPS) is 10.3. The summed E-state index contributed by atoms with van der Waals surface area (Å²) in [6, 6.07) is 0. The van der Waals surface area contributed by atoms with E-state index in [-0.39, 0.29) is 18.7 Å². The van der Waals surface area contributed by atoms with Crippen LogP contribution in [0.2, 0.25) is 0 Å². The highest BCUT2D eigenvalue weighted by molar-refractivity contribution is 5.77. The molecule has 0 bridgehead atoms. The Morgan fingerprint density at radius 1 is 1.53 bits per heavy atom. The number of rotatable bonds is 4. The van der Waals surface area contributed by atoms with E-state index in [1.54, 1.807) is 6.92 Å². The average molecular weight is 214 g/mol. The zero-order valence-corrected chi connectivity index (χ0v) is 8.25. The molecule has 1 aromatic heterocycles. The van der Waals surface area contributed by atoms with Crippen LogP contribution in [0.15, 0.2) is 15.8 Å². The lowest BCUT2D eigenvalue weighted by Gasteiger charge is -2.02. The third kappa shape index (κ3) is 2.87. The van der Waals surface area contributed by atoms with Gasteiger partial charge in [-0.2, -0.15) is 4.39 Å². The van der Waals surface area contributed by atoms with Crippen molar-refractivity contribution < 1.29 is 9.18 Å². The highest BCUT2D eigenvalue weighted by Gasteiger charge is 2.05. The minimum atomic E-state index is -1.04. The maximum Gasteiger partial charge on any atom is 0.328 e. The van der Waals surface area contributed by atoms with Crippen LogP contribution in [-0.2, 0) is 11.3 Å². The largest absolute Gasteiger partial charge is 0.328 e. The van der Waals surface area contributed by atoms with Crippen molar-refractivity contribution in [2.24, 2.45) is 0 Å². The van der Waals surface area contributed by atoms with Crippen molar-refractivity contribution in [3.05, 3.63) is 32.9 Å². The van der Waals surface area contributed by atoms with Crippen molar-refractivity contribution in [2.75, 3.05) is 0 Å². The number of aryl methyl sites for hydroxylation is 1. The lowest BCUT2D eigenvalue weighted by atomic mass is 10.2. The Hall–Kier alpha value is -1.72. The average Bonchev–Trinajstić information content (AvgIpc) is 2.21. The van der Waals surface area contributed by atoms with Gasteiger partial charge in [0, 0.05) is 19.4 Å². The smallest absolute Gasteiger partial charge is 0.300 e. The number of aromatic nitrogens is 2. The van der Waals surface area contributed by atoms with Gasteiger partial charge in [-0.3, -0.25) is 19.1 Å². The topological polar surface area (TPSA) is 71.9 Å². The number of aromatic amines is 1. The Bertz CT molecular complexity index is 475. The summed E-state index contributed by atoms with van der Waals surface area (Å²) < 4.78 is 13.8. The van der Waals surface area contributed by atoms with Crippen molar-refractivity contribution in [3.63, 3.8) is 0 Å². The van der Waals surface area contributed by atoms with Gasteiger partial charge in [0.15, 0.2) is 0 Å². The zero-order chi connectivity index (χ0) is 11.4. The van der Waals surface area contributed by atoms with Gasteiger partial charge >= 0.3 is 5.69 Å². The molecule has 0 aromatic carbocycles. The van der Waals surface area contributed by atoms with E-state index in [0.29, 0.717) is 6.42 Å². The highest BCUT2D eigenvalue weighted by Crippen LogP contribution is 1.92. The van der Waals surface area contributed by atoms with E-state index in [1.165, 1.54) is 0 Å². The summed E-state index contributed by atoms with van der Waals surface area (Å²) in [7, 11) is 0. The standard InChI is InChI=1S/C9H11FN2O3/c1-2-6(13)3-4-12-5-7(10)8(14)11-9(12)15/h5H,2-4H2,1H3,(H,11,14,15). The molecule has 0 saturated carbocycles.